The highest BCUT2D eigenvalue weighted by atomic mass is 79.9. The molecule has 2 nitrogen and oxygen atoms in total. The first kappa shape index (κ1) is 16.2. The number of halogens is 1. The minimum atomic E-state index is 0.343. The standard InChI is InChI=1S/C16H25BrN2S/c1-12(2)18-10-13-5-6-15(14(17)9-13)19-7-8-20-16(3,4)11-19/h5-6,9,12,18H,7-8,10-11H2,1-4H3. The molecule has 1 aromatic carbocycles. The number of rotatable bonds is 4. The van der Waals surface area contributed by atoms with E-state index in [9.17, 15) is 0 Å². The monoisotopic (exact) mass is 356 g/mol. The normalized spacial score (nSPS) is 18.6. The maximum absolute atomic E-state index is 3.75. The first-order chi connectivity index (χ1) is 9.37. The smallest absolute Gasteiger partial charge is 0.0511 e. The minimum absolute atomic E-state index is 0.343. The van der Waals surface area contributed by atoms with Crippen LogP contribution in [0, 0.1) is 0 Å². The van der Waals surface area contributed by atoms with Crippen molar-refractivity contribution in [3.8, 4) is 0 Å². The van der Waals surface area contributed by atoms with E-state index in [1.807, 2.05) is 0 Å². The maximum atomic E-state index is 3.75. The third-order valence-corrected chi connectivity index (χ3v) is 5.43. The Bertz CT molecular complexity index is 460. The van der Waals surface area contributed by atoms with Crippen molar-refractivity contribution in [1.29, 1.82) is 0 Å². The molecule has 0 radical (unpaired) electrons. The molecule has 0 amide bonds. The zero-order valence-electron chi connectivity index (χ0n) is 12.9. The van der Waals surface area contributed by atoms with Gasteiger partial charge in [0.2, 0.25) is 0 Å². The summed E-state index contributed by atoms with van der Waals surface area (Å²) in [5.74, 6) is 1.20. The van der Waals surface area contributed by atoms with Gasteiger partial charge in [0.25, 0.3) is 0 Å². The van der Waals surface area contributed by atoms with Crippen LogP contribution in [-0.4, -0.2) is 29.6 Å². The van der Waals surface area contributed by atoms with Crippen LogP contribution in [0.1, 0.15) is 33.3 Å². The molecule has 1 aliphatic heterocycles. The summed E-state index contributed by atoms with van der Waals surface area (Å²) in [4.78, 5) is 2.50. The van der Waals surface area contributed by atoms with Crippen molar-refractivity contribution in [2.45, 2.75) is 45.0 Å². The predicted octanol–water partition coefficient (Wildman–Crippen LogP) is 4.28. The highest BCUT2D eigenvalue weighted by Gasteiger charge is 2.27. The van der Waals surface area contributed by atoms with Crippen molar-refractivity contribution in [1.82, 2.24) is 5.32 Å². The third-order valence-electron chi connectivity index (χ3n) is 3.49. The van der Waals surface area contributed by atoms with E-state index in [2.05, 4.69) is 83.8 Å². The number of nitrogens with zero attached hydrogens (tertiary/aromatic N) is 1. The molecule has 0 saturated carbocycles. The summed E-state index contributed by atoms with van der Waals surface area (Å²) < 4.78 is 1.55. The van der Waals surface area contributed by atoms with Crippen molar-refractivity contribution in [2.75, 3.05) is 23.7 Å². The number of nitrogens with one attached hydrogen (secondary N) is 1. The molecular formula is C16H25BrN2S. The molecule has 1 N–H and O–H groups in total. The molecule has 1 aromatic rings. The van der Waals surface area contributed by atoms with E-state index in [1.165, 1.54) is 21.5 Å². The molecule has 1 heterocycles. The van der Waals surface area contributed by atoms with Crippen LogP contribution in [0.5, 0.6) is 0 Å². The lowest BCUT2D eigenvalue weighted by Gasteiger charge is -2.39. The summed E-state index contributed by atoms with van der Waals surface area (Å²) in [6, 6.07) is 7.27. The first-order valence-electron chi connectivity index (χ1n) is 7.28. The molecule has 1 aliphatic rings. The molecule has 0 aromatic heterocycles. The Morgan fingerprint density at radius 1 is 1.40 bits per heavy atom. The van der Waals surface area contributed by atoms with Crippen LogP contribution < -0.4 is 10.2 Å². The number of benzene rings is 1. The molecule has 0 spiro atoms. The quantitative estimate of drug-likeness (QED) is 0.866. The average Bonchev–Trinajstić information content (AvgIpc) is 2.35. The lowest BCUT2D eigenvalue weighted by Crippen LogP contribution is -2.43. The van der Waals surface area contributed by atoms with Crippen molar-refractivity contribution >= 4 is 33.4 Å². The van der Waals surface area contributed by atoms with Crippen LogP contribution in [0.3, 0.4) is 0 Å². The van der Waals surface area contributed by atoms with E-state index in [0.29, 0.717) is 10.8 Å². The van der Waals surface area contributed by atoms with Gasteiger partial charge in [-0.2, -0.15) is 11.8 Å². The number of anilines is 1. The first-order valence-corrected chi connectivity index (χ1v) is 9.06. The van der Waals surface area contributed by atoms with Gasteiger partial charge in [0.1, 0.15) is 0 Å². The van der Waals surface area contributed by atoms with Gasteiger partial charge in [-0.1, -0.05) is 19.9 Å². The van der Waals surface area contributed by atoms with Gasteiger partial charge in [0, 0.05) is 40.6 Å². The van der Waals surface area contributed by atoms with E-state index in [0.717, 1.165) is 19.6 Å². The summed E-state index contributed by atoms with van der Waals surface area (Å²) in [5.41, 5.74) is 2.66. The summed E-state index contributed by atoms with van der Waals surface area (Å²) in [6.07, 6.45) is 0. The van der Waals surface area contributed by atoms with Gasteiger partial charge >= 0.3 is 0 Å². The second-order valence-electron chi connectivity index (χ2n) is 6.35. The molecule has 112 valence electrons. The number of hydrogen-bond donors (Lipinski definition) is 1. The van der Waals surface area contributed by atoms with Crippen molar-refractivity contribution in [2.24, 2.45) is 0 Å². The van der Waals surface area contributed by atoms with E-state index >= 15 is 0 Å². The van der Waals surface area contributed by atoms with Gasteiger partial charge in [-0.3, -0.25) is 0 Å². The van der Waals surface area contributed by atoms with Gasteiger partial charge in [0.15, 0.2) is 0 Å². The fourth-order valence-corrected chi connectivity index (χ4v) is 4.25. The molecule has 1 saturated heterocycles. The Kier molecular flexibility index (Phi) is 5.43. The lowest BCUT2D eigenvalue weighted by atomic mass is 10.1. The SMILES string of the molecule is CC(C)NCc1ccc(N2CCSC(C)(C)C2)c(Br)c1. The summed E-state index contributed by atoms with van der Waals surface area (Å²) >= 11 is 5.82. The van der Waals surface area contributed by atoms with Crippen LogP contribution in [-0.2, 0) is 6.54 Å². The van der Waals surface area contributed by atoms with Crippen molar-refractivity contribution in [3.63, 3.8) is 0 Å². The molecule has 0 unspecified atom stereocenters. The average molecular weight is 357 g/mol. The van der Waals surface area contributed by atoms with Crippen LogP contribution in [0.4, 0.5) is 5.69 Å². The van der Waals surface area contributed by atoms with Crippen LogP contribution in [0.25, 0.3) is 0 Å². The lowest BCUT2D eigenvalue weighted by molar-refractivity contribution is 0.588. The molecule has 0 atom stereocenters. The molecule has 4 heteroatoms. The topological polar surface area (TPSA) is 15.3 Å². The minimum Gasteiger partial charge on any atom is -0.368 e. The summed E-state index contributed by atoms with van der Waals surface area (Å²) in [6.45, 7) is 12.2. The van der Waals surface area contributed by atoms with Crippen LogP contribution >= 0.6 is 27.7 Å². The van der Waals surface area contributed by atoms with Crippen LogP contribution in [0.15, 0.2) is 22.7 Å². The van der Waals surface area contributed by atoms with E-state index in [1.54, 1.807) is 0 Å². The maximum Gasteiger partial charge on any atom is 0.0511 e. The number of hydrogen-bond acceptors (Lipinski definition) is 3. The molecule has 0 bridgehead atoms. The zero-order valence-corrected chi connectivity index (χ0v) is 15.3. The molecular weight excluding hydrogens is 332 g/mol. The second kappa shape index (κ2) is 6.71. The Balaban J connectivity index is 2.09. The van der Waals surface area contributed by atoms with E-state index in [-0.39, 0.29) is 0 Å². The van der Waals surface area contributed by atoms with Crippen LogP contribution in [0.2, 0.25) is 0 Å². The molecule has 0 aliphatic carbocycles. The fraction of sp³-hybridized carbons (Fsp3) is 0.625. The van der Waals surface area contributed by atoms with Gasteiger partial charge in [0.05, 0.1) is 5.69 Å². The summed E-state index contributed by atoms with van der Waals surface area (Å²) in [7, 11) is 0. The van der Waals surface area contributed by atoms with Gasteiger partial charge < -0.3 is 10.2 Å². The third kappa shape index (κ3) is 4.40. The Morgan fingerprint density at radius 2 is 2.15 bits per heavy atom. The Morgan fingerprint density at radius 3 is 2.75 bits per heavy atom. The Labute approximate surface area is 135 Å². The van der Waals surface area contributed by atoms with Crippen molar-refractivity contribution < 1.29 is 0 Å². The molecule has 2 rings (SSSR count). The highest BCUT2D eigenvalue weighted by molar-refractivity contribution is 9.10. The number of thioether (sulfide) groups is 1. The van der Waals surface area contributed by atoms with Crippen molar-refractivity contribution in [3.05, 3.63) is 28.2 Å². The highest BCUT2D eigenvalue weighted by Crippen LogP contribution is 2.35. The second-order valence-corrected chi connectivity index (χ2v) is 9.01. The van der Waals surface area contributed by atoms with E-state index in [4.69, 9.17) is 0 Å². The summed E-state index contributed by atoms with van der Waals surface area (Å²) in [5, 5.41) is 3.46. The Hall–Kier alpha value is -0.190. The van der Waals surface area contributed by atoms with Gasteiger partial charge in [-0.15, -0.1) is 0 Å². The zero-order chi connectivity index (χ0) is 14.8. The van der Waals surface area contributed by atoms with E-state index < -0.39 is 0 Å². The van der Waals surface area contributed by atoms with Gasteiger partial charge in [-0.05, 0) is 47.5 Å². The fourth-order valence-electron chi connectivity index (χ4n) is 2.46. The molecule has 1 fully saturated rings. The van der Waals surface area contributed by atoms with Gasteiger partial charge in [-0.25, -0.2) is 0 Å². The largest absolute Gasteiger partial charge is 0.368 e. The molecule has 20 heavy (non-hydrogen) atoms. The predicted molar refractivity (Wildman–Crippen MR) is 94.9 cm³/mol.